The van der Waals surface area contributed by atoms with Gasteiger partial charge in [-0.15, -0.1) is 0 Å². The van der Waals surface area contributed by atoms with Crippen LogP contribution >= 0.6 is 0 Å². The second-order valence-corrected chi connectivity index (χ2v) is 8.58. The fourth-order valence-electron chi connectivity index (χ4n) is 2.87. The molecule has 3 unspecified atom stereocenters. The van der Waals surface area contributed by atoms with Crippen LogP contribution in [0.4, 0.5) is 5.69 Å². The second-order valence-electron chi connectivity index (χ2n) is 6.42. The average Bonchev–Trinajstić information content (AvgIpc) is 2.43. The summed E-state index contributed by atoms with van der Waals surface area (Å²) in [5, 5.41) is 3.50. The van der Waals surface area contributed by atoms with E-state index in [9.17, 15) is 8.42 Å². The molecule has 1 N–H and O–H groups in total. The Morgan fingerprint density at radius 1 is 1.14 bits per heavy atom. The third kappa shape index (κ3) is 3.77. The van der Waals surface area contributed by atoms with Gasteiger partial charge in [0.1, 0.15) is 0 Å². The Balaban J connectivity index is 2.12. The normalized spacial score (nSPS) is 26.8. The predicted octanol–water partition coefficient (Wildman–Crippen LogP) is 3.17. The monoisotopic (exact) mass is 310 g/mol. The van der Waals surface area contributed by atoms with Gasteiger partial charge in [-0.3, -0.25) is 0 Å². The number of nitrogens with zero attached hydrogens (tertiary/aromatic N) is 1. The molecule has 1 aromatic carbocycles. The van der Waals surface area contributed by atoms with E-state index in [1.54, 1.807) is 32.3 Å². The molecule has 0 heterocycles. The standard InChI is InChI=1S/C16H26N2O2S/c1-12-8-9-15(10-13(12)2)17-14-6-5-7-16(11-14)21(19,20)18(3)4/h5-7,11-13,15,17H,8-10H2,1-4H3. The molecule has 1 aliphatic carbocycles. The Kier molecular flexibility index (Phi) is 4.94. The van der Waals surface area contributed by atoms with E-state index in [0.717, 1.165) is 24.4 Å². The van der Waals surface area contributed by atoms with Crippen LogP contribution in [-0.2, 0) is 10.0 Å². The van der Waals surface area contributed by atoms with Gasteiger partial charge in [0, 0.05) is 25.8 Å². The number of sulfonamides is 1. The maximum Gasteiger partial charge on any atom is 0.242 e. The first-order chi connectivity index (χ1) is 9.80. The summed E-state index contributed by atoms with van der Waals surface area (Å²) in [4.78, 5) is 0.342. The van der Waals surface area contributed by atoms with Gasteiger partial charge in [0.05, 0.1) is 4.90 Å². The lowest BCUT2D eigenvalue weighted by Crippen LogP contribution is -2.30. The molecule has 0 saturated heterocycles. The minimum Gasteiger partial charge on any atom is -0.382 e. The summed E-state index contributed by atoms with van der Waals surface area (Å²) in [6.45, 7) is 4.61. The summed E-state index contributed by atoms with van der Waals surface area (Å²) in [5.74, 6) is 1.49. The molecule has 1 aliphatic rings. The second kappa shape index (κ2) is 6.36. The molecule has 0 amide bonds. The van der Waals surface area contributed by atoms with E-state index in [4.69, 9.17) is 0 Å². The van der Waals surface area contributed by atoms with Gasteiger partial charge < -0.3 is 5.32 Å². The third-order valence-electron chi connectivity index (χ3n) is 4.58. The van der Waals surface area contributed by atoms with E-state index in [0.29, 0.717) is 16.9 Å². The van der Waals surface area contributed by atoms with Crippen molar-refractivity contribution >= 4 is 15.7 Å². The average molecular weight is 310 g/mol. The van der Waals surface area contributed by atoms with Gasteiger partial charge in [-0.2, -0.15) is 0 Å². The lowest BCUT2D eigenvalue weighted by Gasteiger charge is -2.33. The van der Waals surface area contributed by atoms with Gasteiger partial charge in [0.2, 0.25) is 10.0 Å². The Bertz CT molecular complexity index is 584. The van der Waals surface area contributed by atoms with Crippen molar-refractivity contribution in [3.8, 4) is 0 Å². The molecule has 21 heavy (non-hydrogen) atoms. The summed E-state index contributed by atoms with van der Waals surface area (Å²) in [7, 11) is -0.256. The smallest absolute Gasteiger partial charge is 0.242 e. The van der Waals surface area contributed by atoms with Gasteiger partial charge >= 0.3 is 0 Å². The molecule has 118 valence electrons. The van der Waals surface area contributed by atoms with Crippen LogP contribution in [0.1, 0.15) is 33.1 Å². The van der Waals surface area contributed by atoms with Crippen molar-refractivity contribution in [1.29, 1.82) is 0 Å². The minimum atomic E-state index is -3.37. The van der Waals surface area contributed by atoms with E-state index >= 15 is 0 Å². The molecule has 5 heteroatoms. The molecule has 0 radical (unpaired) electrons. The quantitative estimate of drug-likeness (QED) is 0.929. The molecule has 3 atom stereocenters. The molecular weight excluding hydrogens is 284 g/mol. The maximum atomic E-state index is 12.2. The van der Waals surface area contributed by atoms with Gasteiger partial charge in [-0.1, -0.05) is 19.9 Å². The van der Waals surface area contributed by atoms with Crippen molar-refractivity contribution in [1.82, 2.24) is 4.31 Å². The van der Waals surface area contributed by atoms with Crippen LogP contribution in [-0.4, -0.2) is 32.9 Å². The number of rotatable bonds is 4. The number of hydrogen-bond acceptors (Lipinski definition) is 3. The van der Waals surface area contributed by atoms with Crippen molar-refractivity contribution in [2.75, 3.05) is 19.4 Å². The van der Waals surface area contributed by atoms with E-state index in [1.807, 2.05) is 6.07 Å². The Morgan fingerprint density at radius 2 is 1.86 bits per heavy atom. The molecule has 2 rings (SSSR count). The molecule has 0 aliphatic heterocycles. The Labute approximate surface area is 128 Å². The molecule has 1 saturated carbocycles. The zero-order valence-electron chi connectivity index (χ0n) is 13.3. The van der Waals surface area contributed by atoms with Crippen LogP contribution in [0.25, 0.3) is 0 Å². The van der Waals surface area contributed by atoms with Gasteiger partial charge in [0.15, 0.2) is 0 Å². The summed E-state index contributed by atoms with van der Waals surface area (Å²) in [6.07, 6.45) is 3.52. The number of benzene rings is 1. The molecular formula is C16H26N2O2S. The largest absolute Gasteiger partial charge is 0.382 e. The lowest BCUT2D eigenvalue weighted by molar-refractivity contribution is 0.261. The minimum absolute atomic E-state index is 0.342. The van der Waals surface area contributed by atoms with Crippen LogP contribution in [0.2, 0.25) is 0 Å². The fourth-order valence-corrected chi connectivity index (χ4v) is 3.82. The first-order valence-corrected chi connectivity index (χ1v) is 9.04. The van der Waals surface area contributed by atoms with E-state index in [-0.39, 0.29) is 0 Å². The van der Waals surface area contributed by atoms with Crippen molar-refractivity contribution in [3.63, 3.8) is 0 Å². The van der Waals surface area contributed by atoms with Crippen molar-refractivity contribution in [3.05, 3.63) is 24.3 Å². The predicted molar refractivity (Wildman–Crippen MR) is 86.9 cm³/mol. The molecule has 0 spiro atoms. The fraction of sp³-hybridized carbons (Fsp3) is 0.625. The Hall–Kier alpha value is -1.07. The van der Waals surface area contributed by atoms with Gasteiger partial charge in [0.25, 0.3) is 0 Å². The molecule has 1 fully saturated rings. The highest BCUT2D eigenvalue weighted by molar-refractivity contribution is 7.89. The highest BCUT2D eigenvalue weighted by Gasteiger charge is 2.24. The topological polar surface area (TPSA) is 49.4 Å². The van der Waals surface area contributed by atoms with Crippen LogP contribution < -0.4 is 5.32 Å². The van der Waals surface area contributed by atoms with Crippen LogP contribution in [0, 0.1) is 11.8 Å². The SMILES string of the molecule is CC1CCC(Nc2cccc(S(=O)(=O)N(C)C)c2)CC1C. The number of hydrogen-bond donors (Lipinski definition) is 1. The van der Waals surface area contributed by atoms with Gasteiger partial charge in [-0.05, 0) is 49.3 Å². The lowest BCUT2D eigenvalue weighted by atomic mass is 9.79. The molecule has 4 nitrogen and oxygen atoms in total. The van der Waals surface area contributed by atoms with E-state index in [1.165, 1.54) is 10.7 Å². The van der Waals surface area contributed by atoms with E-state index < -0.39 is 10.0 Å². The Morgan fingerprint density at radius 3 is 2.48 bits per heavy atom. The van der Waals surface area contributed by atoms with Crippen molar-refractivity contribution < 1.29 is 8.42 Å². The molecule has 1 aromatic rings. The summed E-state index contributed by atoms with van der Waals surface area (Å²) in [6, 6.07) is 7.56. The highest BCUT2D eigenvalue weighted by Crippen LogP contribution is 2.31. The van der Waals surface area contributed by atoms with Crippen LogP contribution in [0.3, 0.4) is 0 Å². The first-order valence-electron chi connectivity index (χ1n) is 7.60. The van der Waals surface area contributed by atoms with Crippen molar-refractivity contribution in [2.45, 2.75) is 44.0 Å². The van der Waals surface area contributed by atoms with Crippen LogP contribution in [0.5, 0.6) is 0 Å². The third-order valence-corrected chi connectivity index (χ3v) is 6.39. The first kappa shape index (κ1) is 16.3. The van der Waals surface area contributed by atoms with Crippen molar-refractivity contribution in [2.24, 2.45) is 11.8 Å². The molecule has 0 aromatic heterocycles. The van der Waals surface area contributed by atoms with E-state index in [2.05, 4.69) is 19.2 Å². The zero-order chi connectivity index (χ0) is 15.6. The molecule has 0 bridgehead atoms. The van der Waals surface area contributed by atoms with Gasteiger partial charge in [-0.25, -0.2) is 12.7 Å². The zero-order valence-corrected chi connectivity index (χ0v) is 14.2. The number of nitrogens with one attached hydrogen (secondary N) is 1. The maximum absolute atomic E-state index is 12.2. The number of anilines is 1. The highest BCUT2D eigenvalue weighted by atomic mass is 32.2. The summed E-state index contributed by atoms with van der Waals surface area (Å²) in [5.41, 5.74) is 0.893. The van der Waals surface area contributed by atoms with Crippen LogP contribution in [0.15, 0.2) is 29.2 Å². The summed E-state index contributed by atoms with van der Waals surface area (Å²) < 4.78 is 25.6. The summed E-state index contributed by atoms with van der Waals surface area (Å²) >= 11 is 0.